The Morgan fingerprint density at radius 1 is 1.41 bits per heavy atom. The molecule has 0 aliphatic rings. The summed E-state index contributed by atoms with van der Waals surface area (Å²) >= 11 is 0. The highest BCUT2D eigenvalue weighted by Crippen LogP contribution is 2.17. The molecule has 7 heteroatoms. The van der Waals surface area contributed by atoms with Gasteiger partial charge in [-0.2, -0.15) is 0 Å². The van der Waals surface area contributed by atoms with Crippen LogP contribution in [0.25, 0.3) is 10.9 Å². The van der Waals surface area contributed by atoms with Crippen molar-refractivity contribution >= 4 is 22.8 Å². The monoisotopic (exact) mass is 306 g/mol. The van der Waals surface area contributed by atoms with Gasteiger partial charge in [-0.25, -0.2) is 9.18 Å². The molecule has 1 aromatic carbocycles. The van der Waals surface area contributed by atoms with Crippen LogP contribution in [0.4, 0.5) is 4.39 Å². The summed E-state index contributed by atoms with van der Waals surface area (Å²) < 4.78 is 17.9. The molecule has 2 rings (SSSR count). The first kappa shape index (κ1) is 15.8. The number of hydrogen-bond acceptors (Lipinski definition) is 4. The molecule has 0 aliphatic carbocycles. The van der Waals surface area contributed by atoms with E-state index in [9.17, 15) is 14.0 Å². The molecule has 2 N–H and O–H groups in total. The molecule has 6 nitrogen and oxygen atoms in total. The number of nitrogens with zero attached hydrogens (tertiary/aromatic N) is 1. The van der Waals surface area contributed by atoms with Crippen LogP contribution in [-0.4, -0.2) is 41.7 Å². The lowest BCUT2D eigenvalue weighted by Crippen LogP contribution is -2.44. The van der Waals surface area contributed by atoms with Gasteiger partial charge in [-0.15, -0.1) is 0 Å². The maximum absolute atomic E-state index is 13.2. The summed E-state index contributed by atoms with van der Waals surface area (Å²) in [5.41, 5.74) is 1.05. The second-order valence-electron chi connectivity index (χ2n) is 4.78. The number of aliphatic carboxylic acids is 1. The number of methoxy groups -OCH3 is 1. The number of aryl methyl sites for hydroxylation is 1. The van der Waals surface area contributed by atoms with Crippen molar-refractivity contribution in [2.24, 2.45) is 0 Å². The molecule has 2 aromatic rings. The molecule has 1 unspecified atom stereocenters. The molecule has 0 saturated heterocycles. The fraction of sp³-hybridized carbons (Fsp3) is 0.267. The van der Waals surface area contributed by atoms with Gasteiger partial charge in [0.05, 0.1) is 23.4 Å². The predicted octanol–water partition coefficient (Wildman–Crippen LogP) is 1.51. The molecule has 116 valence electrons. The van der Waals surface area contributed by atoms with E-state index in [0.29, 0.717) is 16.6 Å². The summed E-state index contributed by atoms with van der Waals surface area (Å²) in [7, 11) is 1.35. The predicted molar refractivity (Wildman–Crippen MR) is 77.2 cm³/mol. The van der Waals surface area contributed by atoms with Gasteiger partial charge in [-0.05, 0) is 25.1 Å². The molecule has 0 saturated carbocycles. The summed E-state index contributed by atoms with van der Waals surface area (Å²) in [6, 6.07) is 4.46. The third-order valence-electron chi connectivity index (χ3n) is 3.15. The lowest BCUT2D eigenvalue weighted by molar-refractivity contribution is -0.140. The van der Waals surface area contributed by atoms with Crippen LogP contribution < -0.4 is 5.32 Å². The van der Waals surface area contributed by atoms with Crippen LogP contribution in [0.15, 0.2) is 24.3 Å². The zero-order chi connectivity index (χ0) is 16.3. The van der Waals surface area contributed by atoms with Crippen molar-refractivity contribution in [2.45, 2.75) is 13.0 Å². The maximum atomic E-state index is 13.2. The highest BCUT2D eigenvalue weighted by atomic mass is 19.1. The van der Waals surface area contributed by atoms with Gasteiger partial charge in [-0.1, -0.05) is 0 Å². The number of carbonyl (C=O) groups is 2. The maximum Gasteiger partial charge on any atom is 0.328 e. The van der Waals surface area contributed by atoms with Gasteiger partial charge < -0.3 is 15.2 Å². The molecule has 1 heterocycles. The van der Waals surface area contributed by atoms with Crippen molar-refractivity contribution in [1.29, 1.82) is 0 Å². The molecular weight excluding hydrogens is 291 g/mol. The van der Waals surface area contributed by atoms with E-state index in [2.05, 4.69) is 10.3 Å². The number of fused-ring (bicyclic) bond motifs is 1. The van der Waals surface area contributed by atoms with E-state index in [1.807, 2.05) is 0 Å². The highest BCUT2D eigenvalue weighted by Gasteiger charge is 2.22. The summed E-state index contributed by atoms with van der Waals surface area (Å²) in [5, 5.41) is 12.0. The number of ether oxygens (including phenoxy) is 1. The summed E-state index contributed by atoms with van der Waals surface area (Å²) in [4.78, 5) is 27.4. The van der Waals surface area contributed by atoms with E-state index in [0.717, 1.165) is 0 Å². The van der Waals surface area contributed by atoms with Crippen molar-refractivity contribution in [3.63, 3.8) is 0 Å². The Labute approximate surface area is 125 Å². The van der Waals surface area contributed by atoms with Crippen LogP contribution in [-0.2, 0) is 9.53 Å². The average Bonchev–Trinajstić information content (AvgIpc) is 2.45. The van der Waals surface area contributed by atoms with Crippen molar-refractivity contribution in [3.05, 3.63) is 41.3 Å². The lowest BCUT2D eigenvalue weighted by atomic mass is 10.1. The third-order valence-corrected chi connectivity index (χ3v) is 3.15. The molecule has 0 spiro atoms. The van der Waals surface area contributed by atoms with Gasteiger partial charge in [0.15, 0.2) is 6.04 Å². The minimum atomic E-state index is -1.19. The number of carbonyl (C=O) groups excluding carboxylic acids is 1. The van der Waals surface area contributed by atoms with Gasteiger partial charge in [0.25, 0.3) is 5.91 Å². The number of benzene rings is 1. The largest absolute Gasteiger partial charge is 0.480 e. The van der Waals surface area contributed by atoms with E-state index in [-0.39, 0.29) is 12.2 Å². The molecule has 1 atom stereocenters. The van der Waals surface area contributed by atoms with E-state index in [4.69, 9.17) is 9.84 Å². The Morgan fingerprint density at radius 2 is 2.14 bits per heavy atom. The van der Waals surface area contributed by atoms with Crippen LogP contribution in [0, 0.1) is 12.7 Å². The van der Waals surface area contributed by atoms with Crippen LogP contribution in [0.3, 0.4) is 0 Å². The fourth-order valence-electron chi connectivity index (χ4n) is 2.04. The SMILES string of the molecule is COCC(NC(=O)c1cc2ccc(F)cc2nc1C)C(=O)O. The minimum absolute atomic E-state index is 0.146. The van der Waals surface area contributed by atoms with Gasteiger partial charge in [0.2, 0.25) is 0 Å². The summed E-state index contributed by atoms with van der Waals surface area (Å²) in [5.74, 6) is -2.17. The molecule has 22 heavy (non-hydrogen) atoms. The zero-order valence-corrected chi connectivity index (χ0v) is 12.1. The van der Waals surface area contributed by atoms with Crippen molar-refractivity contribution in [2.75, 3.05) is 13.7 Å². The van der Waals surface area contributed by atoms with Crippen LogP contribution in [0.5, 0.6) is 0 Å². The van der Waals surface area contributed by atoms with E-state index in [1.165, 1.54) is 25.3 Å². The first-order chi connectivity index (χ1) is 10.4. The molecule has 0 radical (unpaired) electrons. The van der Waals surface area contributed by atoms with Crippen LogP contribution in [0.2, 0.25) is 0 Å². The number of pyridine rings is 1. The molecule has 1 aromatic heterocycles. The first-order valence-electron chi connectivity index (χ1n) is 6.52. The molecule has 0 aliphatic heterocycles. The molecule has 0 fully saturated rings. The number of carboxylic acids is 1. The standard InChI is InChI=1S/C15H15FN2O4/c1-8-11(14(19)18-13(7-22-2)15(20)21)5-9-3-4-10(16)6-12(9)17-8/h3-6,13H,7H2,1-2H3,(H,18,19)(H,20,21). The van der Waals surface area contributed by atoms with E-state index in [1.54, 1.807) is 13.0 Å². The number of hydrogen-bond donors (Lipinski definition) is 2. The Hall–Kier alpha value is -2.54. The zero-order valence-electron chi connectivity index (χ0n) is 12.1. The number of halogens is 1. The molecular formula is C15H15FN2O4. The normalized spacial score (nSPS) is 12.1. The highest BCUT2D eigenvalue weighted by molar-refractivity contribution is 6.00. The minimum Gasteiger partial charge on any atom is -0.480 e. The number of amides is 1. The van der Waals surface area contributed by atoms with Crippen LogP contribution >= 0.6 is 0 Å². The Kier molecular flexibility index (Phi) is 4.67. The number of rotatable bonds is 5. The second-order valence-corrected chi connectivity index (χ2v) is 4.78. The topological polar surface area (TPSA) is 88.5 Å². The van der Waals surface area contributed by atoms with E-state index >= 15 is 0 Å². The third kappa shape index (κ3) is 3.37. The fourth-order valence-corrected chi connectivity index (χ4v) is 2.04. The Bertz CT molecular complexity index is 733. The van der Waals surface area contributed by atoms with Crippen molar-refractivity contribution in [1.82, 2.24) is 10.3 Å². The van der Waals surface area contributed by atoms with Crippen molar-refractivity contribution in [3.8, 4) is 0 Å². The Morgan fingerprint density at radius 3 is 2.77 bits per heavy atom. The first-order valence-corrected chi connectivity index (χ1v) is 6.52. The number of nitrogens with one attached hydrogen (secondary N) is 1. The van der Waals surface area contributed by atoms with E-state index < -0.39 is 23.7 Å². The van der Waals surface area contributed by atoms with Crippen molar-refractivity contribution < 1.29 is 23.8 Å². The molecule has 1 amide bonds. The summed E-state index contributed by atoms with van der Waals surface area (Å²) in [6.07, 6.45) is 0. The van der Waals surface area contributed by atoms with Gasteiger partial charge in [-0.3, -0.25) is 9.78 Å². The number of carboxylic acid groups (broad SMARTS) is 1. The average molecular weight is 306 g/mol. The quantitative estimate of drug-likeness (QED) is 0.874. The molecule has 0 bridgehead atoms. The number of aromatic nitrogens is 1. The Balaban J connectivity index is 2.33. The lowest BCUT2D eigenvalue weighted by Gasteiger charge is -2.14. The smallest absolute Gasteiger partial charge is 0.328 e. The van der Waals surface area contributed by atoms with Gasteiger partial charge in [0, 0.05) is 18.6 Å². The van der Waals surface area contributed by atoms with Crippen LogP contribution in [0.1, 0.15) is 16.1 Å². The summed E-state index contributed by atoms with van der Waals surface area (Å²) in [6.45, 7) is 1.46. The van der Waals surface area contributed by atoms with Gasteiger partial charge in [0.1, 0.15) is 5.82 Å². The second kappa shape index (κ2) is 6.48. The van der Waals surface area contributed by atoms with Gasteiger partial charge >= 0.3 is 5.97 Å².